The molecule has 3 aromatic rings. The average Bonchev–Trinajstić information content (AvgIpc) is 2.69. The smallest absolute Gasteiger partial charge is 0.262 e. The second kappa shape index (κ2) is 9.19. The maximum Gasteiger partial charge on any atom is 0.262 e. The highest BCUT2D eigenvalue weighted by molar-refractivity contribution is 9.10. The zero-order chi connectivity index (χ0) is 19.9. The molecule has 5 nitrogen and oxygen atoms in total. The molecule has 0 unspecified atom stereocenters. The lowest BCUT2D eigenvalue weighted by Crippen LogP contribution is -2.20. The van der Waals surface area contributed by atoms with Crippen LogP contribution in [0.2, 0.25) is 0 Å². The Bertz CT molecular complexity index is 970. The fraction of sp³-hybridized carbons (Fsp3) is 0.0909. The lowest BCUT2D eigenvalue weighted by molar-refractivity contribution is -0.118. The Labute approximate surface area is 171 Å². The van der Waals surface area contributed by atoms with Crippen LogP contribution in [0.15, 0.2) is 77.3 Å². The van der Waals surface area contributed by atoms with Crippen LogP contribution in [0.25, 0.3) is 0 Å². The summed E-state index contributed by atoms with van der Waals surface area (Å²) in [4.78, 5) is 24.3. The molecule has 3 rings (SSSR count). The Hall–Kier alpha value is -3.12. The molecule has 0 aliphatic rings. The maximum absolute atomic E-state index is 12.3. The van der Waals surface area contributed by atoms with Crippen molar-refractivity contribution in [2.24, 2.45) is 0 Å². The Kier molecular flexibility index (Phi) is 6.45. The summed E-state index contributed by atoms with van der Waals surface area (Å²) in [6, 6.07) is 21.6. The van der Waals surface area contributed by atoms with Gasteiger partial charge in [-0.1, -0.05) is 33.6 Å². The second-order valence-electron chi connectivity index (χ2n) is 6.19. The van der Waals surface area contributed by atoms with Gasteiger partial charge in [0.15, 0.2) is 6.61 Å². The van der Waals surface area contributed by atoms with Crippen molar-refractivity contribution in [2.45, 2.75) is 6.92 Å². The van der Waals surface area contributed by atoms with Crippen molar-refractivity contribution in [2.75, 3.05) is 17.2 Å². The lowest BCUT2D eigenvalue weighted by atomic mass is 10.1. The van der Waals surface area contributed by atoms with E-state index in [1.54, 1.807) is 42.5 Å². The van der Waals surface area contributed by atoms with E-state index < -0.39 is 0 Å². The van der Waals surface area contributed by atoms with E-state index in [9.17, 15) is 9.59 Å². The van der Waals surface area contributed by atoms with Crippen LogP contribution in [-0.2, 0) is 4.79 Å². The number of carbonyl (C=O) groups excluding carboxylic acids is 2. The number of amides is 2. The van der Waals surface area contributed by atoms with Gasteiger partial charge in [0.25, 0.3) is 11.8 Å². The van der Waals surface area contributed by atoms with Crippen LogP contribution in [-0.4, -0.2) is 18.4 Å². The fourth-order valence-corrected chi connectivity index (χ4v) is 2.77. The maximum atomic E-state index is 12.3. The molecule has 0 saturated heterocycles. The number of aryl methyl sites for hydroxylation is 1. The van der Waals surface area contributed by atoms with Crippen molar-refractivity contribution in [1.82, 2.24) is 0 Å². The molecule has 0 saturated carbocycles. The summed E-state index contributed by atoms with van der Waals surface area (Å²) in [6.45, 7) is 1.85. The largest absolute Gasteiger partial charge is 0.484 e. The quantitative estimate of drug-likeness (QED) is 0.567. The standard InChI is InChI=1S/C22H19BrN2O3/c1-15-3-2-4-16(13-15)22(27)25-19-9-7-18(8-10-19)24-21(26)14-28-20-11-5-17(23)6-12-20/h2-13H,14H2,1H3,(H,24,26)(H,25,27). The van der Waals surface area contributed by atoms with Gasteiger partial charge in [0, 0.05) is 21.4 Å². The second-order valence-corrected chi connectivity index (χ2v) is 7.11. The van der Waals surface area contributed by atoms with E-state index in [0.29, 0.717) is 22.7 Å². The molecule has 0 atom stereocenters. The molecule has 0 heterocycles. The number of carbonyl (C=O) groups is 2. The van der Waals surface area contributed by atoms with Gasteiger partial charge in [-0.15, -0.1) is 0 Å². The molecule has 2 N–H and O–H groups in total. The number of halogens is 1. The zero-order valence-electron chi connectivity index (χ0n) is 15.2. The molecule has 0 aliphatic carbocycles. The minimum Gasteiger partial charge on any atom is -0.484 e. The van der Waals surface area contributed by atoms with E-state index in [-0.39, 0.29) is 18.4 Å². The minimum atomic E-state index is -0.264. The SMILES string of the molecule is Cc1cccc(C(=O)Nc2ccc(NC(=O)COc3ccc(Br)cc3)cc2)c1. The summed E-state index contributed by atoms with van der Waals surface area (Å²) < 4.78 is 6.38. The molecule has 0 spiro atoms. The third kappa shape index (κ3) is 5.69. The van der Waals surface area contributed by atoms with Gasteiger partial charge in [-0.25, -0.2) is 0 Å². The number of hydrogen-bond donors (Lipinski definition) is 2. The lowest BCUT2D eigenvalue weighted by Gasteiger charge is -2.09. The van der Waals surface area contributed by atoms with Crippen LogP contribution in [0, 0.1) is 6.92 Å². The van der Waals surface area contributed by atoms with E-state index in [0.717, 1.165) is 10.0 Å². The number of rotatable bonds is 6. The van der Waals surface area contributed by atoms with Crippen molar-refractivity contribution >= 4 is 39.1 Å². The minimum absolute atomic E-state index is 0.0898. The number of benzene rings is 3. The Morgan fingerprint density at radius 2 is 1.54 bits per heavy atom. The molecular formula is C22H19BrN2O3. The predicted octanol–water partition coefficient (Wildman–Crippen LogP) is 5.03. The van der Waals surface area contributed by atoms with Crippen molar-refractivity contribution in [1.29, 1.82) is 0 Å². The first kappa shape index (κ1) is 19.6. The summed E-state index contributed by atoms with van der Waals surface area (Å²) >= 11 is 3.35. The summed E-state index contributed by atoms with van der Waals surface area (Å²) in [6.07, 6.45) is 0. The fourth-order valence-electron chi connectivity index (χ4n) is 2.50. The molecule has 0 fully saturated rings. The molecule has 142 valence electrons. The Morgan fingerprint density at radius 3 is 2.18 bits per heavy atom. The molecular weight excluding hydrogens is 420 g/mol. The summed E-state index contributed by atoms with van der Waals surface area (Å²) in [7, 11) is 0. The van der Waals surface area contributed by atoms with E-state index >= 15 is 0 Å². The number of nitrogens with one attached hydrogen (secondary N) is 2. The Balaban J connectivity index is 1.51. The monoisotopic (exact) mass is 438 g/mol. The van der Waals surface area contributed by atoms with Crippen LogP contribution in [0.1, 0.15) is 15.9 Å². The highest BCUT2D eigenvalue weighted by Gasteiger charge is 2.07. The number of anilines is 2. The molecule has 0 aliphatic heterocycles. The van der Waals surface area contributed by atoms with Gasteiger partial charge in [-0.2, -0.15) is 0 Å². The van der Waals surface area contributed by atoms with E-state index in [1.165, 1.54) is 0 Å². The Morgan fingerprint density at radius 1 is 0.893 bits per heavy atom. The summed E-state index contributed by atoms with van der Waals surface area (Å²) in [5, 5.41) is 5.59. The average molecular weight is 439 g/mol. The van der Waals surface area contributed by atoms with E-state index in [1.807, 2.05) is 37.3 Å². The van der Waals surface area contributed by atoms with Crippen molar-refractivity contribution in [3.05, 3.63) is 88.4 Å². The van der Waals surface area contributed by atoms with Crippen LogP contribution < -0.4 is 15.4 Å². The van der Waals surface area contributed by atoms with Gasteiger partial charge < -0.3 is 15.4 Å². The van der Waals surface area contributed by atoms with Crippen molar-refractivity contribution in [3.8, 4) is 5.75 Å². The molecule has 6 heteroatoms. The molecule has 3 aromatic carbocycles. The van der Waals surface area contributed by atoms with Gasteiger partial charge in [-0.05, 0) is 67.6 Å². The van der Waals surface area contributed by atoms with Crippen LogP contribution >= 0.6 is 15.9 Å². The normalized spacial score (nSPS) is 10.2. The van der Waals surface area contributed by atoms with Gasteiger partial charge in [0.1, 0.15) is 5.75 Å². The zero-order valence-corrected chi connectivity index (χ0v) is 16.8. The van der Waals surface area contributed by atoms with Gasteiger partial charge in [-0.3, -0.25) is 9.59 Å². The summed E-state index contributed by atoms with van der Waals surface area (Å²) in [5.41, 5.74) is 2.90. The highest BCUT2D eigenvalue weighted by atomic mass is 79.9. The van der Waals surface area contributed by atoms with Gasteiger partial charge in [0.2, 0.25) is 0 Å². The predicted molar refractivity (Wildman–Crippen MR) is 114 cm³/mol. The number of ether oxygens (including phenoxy) is 1. The van der Waals surface area contributed by atoms with Gasteiger partial charge in [0.05, 0.1) is 0 Å². The first-order valence-electron chi connectivity index (χ1n) is 8.66. The summed E-state index contributed by atoms with van der Waals surface area (Å²) in [5.74, 6) is 0.176. The molecule has 0 radical (unpaired) electrons. The van der Waals surface area contributed by atoms with Crippen LogP contribution in [0.4, 0.5) is 11.4 Å². The first-order valence-corrected chi connectivity index (χ1v) is 9.45. The third-order valence-corrected chi connectivity index (χ3v) is 4.42. The number of hydrogen-bond acceptors (Lipinski definition) is 3. The molecule has 0 aromatic heterocycles. The topological polar surface area (TPSA) is 67.4 Å². The third-order valence-electron chi connectivity index (χ3n) is 3.89. The van der Waals surface area contributed by atoms with Gasteiger partial charge >= 0.3 is 0 Å². The van der Waals surface area contributed by atoms with E-state index in [4.69, 9.17) is 4.74 Å². The highest BCUT2D eigenvalue weighted by Crippen LogP contribution is 2.17. The van der Waals surface area contributed by atoms with Crippen molar-refractivity contribution in [3.63, 3.8) is 0 Å². The van der Waals surface area contributed by atoms with Crippen molar-refractivity contribution < 1.29 is 14.3 Å². The molecule has 0 bridgehead atoms. The van der Waals surface area contributed by atoms with Crippen LogP contribution in [0.5, 0.6) is 5.75 Å². The van der Waals surface area contributed by atoms with E-state index in [2.05, 4.69) is 26.6 Å². The first-order chi connectivity index (χ1) is 13.5. The van der Waals surface area contributed by atoms with Crippen LogP contribution in [0.3, 0.4) is 0 Å². The molecule has 28 heavy (non-hydrogen) atoms. The molecule has 2 amide bonds.